The van der Waals surface area contributed by atoms with E-state index in [2.05, 4.69) is 16.0 Å². The maximum absolute atomic E-state index is 12.1. The number of hydrogen-bond donors (Lipinski definition) is 3. The number of benzene rings is 1. The van der Waals surface area contributed by atoms with Crippen molar-refractivity contribution in [3.8, 4) is 0 Å². The number of carbonyl (C=O) groups excluding carboxylic acids is 2. The Bertz CT molecular complexity index is 513. The van der Waals surface area contributed by atoms with Crippen LogP contribution in [0.15, 0.2) is 18.2 Å². The Labute approximate surface area is 122 Å². The summed E-state index contributed by atoms with van der Waals surface area (Å²) in [7, 11) is 0. The molecule has 2 rings (SSSR count). The SMILES string of the molecule is CC(=O)Nc1cc(NC(=O)C2CSCCN2)ccc1C. The topological polar surface area (TPSA) is 70.2 Å². The Kier molecular flexibility index (Phi) is 5.03. The monoisotopic (exact) mass is 293 g/mol. The molecular weight excluding hydrogens is 274 g/mol. The lowest BCUT2D eigenvalue weighted by molar-refractivity contribution is -0.117. The minimum Gasteiger partial charge on any atom is -0.326 e. The molecule has 1 fully saturated rings. The van der Waals surface area contributed by atoms with E-state index in [1.807, 2.05) is 19.1 Å². The van der Waals surface area contributed by atoms with Gasteiger partial charge in [0.05, 0.1) is 6.04 Å². The van der Waals surface area contributed by atoms with E-state index in [1.165, 1.54) is 6.92 Å². The Morgan fingerprint density at radius 2 is 2.15 bits per heavy atom. The molecule has 1 aromatic carbocycles. The first-order valence-electron chi connectivity index (χ1n) is 6.56. The molecule has 1 aliphatic heterocycles. The van der Waals surface area contributed by atoms with Crippen molar-refractivity contribution in [3.05, 3.63) is 23.8 Å². The van der Waals surface area contributed by atoms with Crippen LogP contribution < -0.4 is 16.0 Å². The van der Waals surface area contributed by atoms with Gasteiger partial charge in [0, 0.05) is 36.3 Å². The lowest BCUT2D eigenvalue weighted by Gasteiger charge is -2.22. The van der Waals surface area contributed by atoms with E-state index in [4.69, 9.17) is 0 Å². The van der Waals surface area contributed by atoms with E-state index < -0.39 is 0 Å². The highest BCUT2D eigenvalue weighted by molar-refractivity contribution is 7.99. The highest BCUT2D eigenvalue weighted by Crippen LogP contribution is 2.21. The summed E-state index contributed by atoms with van der Waals surface area (Å²) < 4.78 is 0. The van der Waals surface area contributed by atoms with Gasteiger partial charge in [0.15, 0.2) is 0 Å². The fourth-order valence-electron chi connectivity index (χ4n) is 1.99. The third-order valence-electron chi connectivity index (χ3n) is 3.05. The number of nitrogens with one attached hydrogen (secondary N) is 3. The number of thioether (sulfide) groups is 1. The van der Waals surface area contributed by atoms with Crippen LogP contribution in [0.1, 0.15) is 12.5 Å². The van der Waals surface area contributed by atoms with Crippen LogP contribution in [0.2, 0.25) is 0 Å². The summed E-state index contributed by atoms with van der Waals surface area (Å²) in [5.74, 6) is 1.67. The summed E-state index contributed by atoms with van der Waals surface area (Å²) in [5, 5.41) is 8.84. The summed E-state index contributed by atoms with van der Waals surface area (Å²) in [6.07, 6.45) is 0. The van der Waals surface area contributed by atoms with Crippen LogP contribution in [-0.4, -0.2) is 35.9 Å². The maximum Gasteiger partial charge on any atom is 0.242 e. The molecule has 0 radical (unpaired) electrons. The molecule has 6 heteroatoms. The summed E-state index contributed by atoms with van der Waals surface area (Å²) in [6.45, 7) is 4.23. The number of rotatable bonds is 3. The van der Waals surface area contributed by atoms with E-state index in [0.29, 0.717) is 5.69 Å². The van der Waals surface area contributed by atoms with Gasteiger partial charge in [-0.15, -0.1) is 0 Å². The molecule has 0 aliphatic carbocycles. The van der Waals surface area contributed by atoms with Gasteiger partial charge in [0.1, 0.15) is 0 Å². The van der Waals surface area contributed by atoms with E-state index in [9.17, 15) is 9.59 Å². The molecule has 5 nitrogen and oxygen atoms in total. The molecule has 1 heterocycles. The molecule has 1 unspecified atom stereocenters. The summed E-state index contributed by atoms with van der Waals surface area (Å²) in [4.78, 5) is 23.2. The van der Waals surface area contributed by atoms with Gasteiger partial charge in [-0.25, -0.2) is 0 Å². The fraction of sp³-hybridized carbons (Fsp3) is 0.429. The molecule has 1 atom stereocenters. The van der Waals surface area contributed by atoms with Crippen molar-refractivity contribution in [1.29, 1.82) is 0 Å². The summed E-state index contributed by atoms with van der Waals surface area (Å²) >= 11 is 1.78. The molecule has 1 saturated heterocycles. The van der Waals surface area contributed by atoms with Crippen molar-refractivity contribution in [3.63, 3.8) is 0 Å². The molecule has 20 heavy (non-hydrogen) atoms. The van der Waals surface area contributed by atoms with Gasteiger partial charge < -0.3 is 16.0 Å². The Morgan fingerprint density at radius 3 is 2.80 bits per heavy atom. The van der Waals surface area contributed by atoms with Crippen molar-refractivity contribution in [2.45, 2.75) is 19.9 Å². The van der Waals surface area contributed by atoms with Gasteiger partial charge in [-0.1, -0.05) is 6.07 Å². The van der Waals surface area contributed by atoms with Crippen molar-refractivity contribution >= 4 is 35.0 Å². The summed E-state index contributed by atoms with van der Waals surface area (Å²) in [6, 6.07) is 5.35. The molecule has 108 valence electrons. The van der Waals surface area contributed by atoms with E-state index >= 15 is 0 Å². The molecule has 0 aromatic heterocycles. The highest BCUT2D eigenvalue weighted by atomic mass is 32.2. The molecule has 1 aromatic rings. The van der Waals surface area contributed by atoms with Crippen LogP contribution in [0, 0.1) is 6.92 Å². The Hall–Kier alpha value is -1.53. The van der Waals surface area contributed by atoms with Crippen LogP contribution in [-0.2, 0) is 9.59 Å². The third kappa shape index (κ3) is 3.98. The first-order chi connectivity index (χ1) is 9.56. The number of amides is 2. The average Bonchev–Trinajstić information content (AvgIpc) is 2.43. The lowest BCUT2D eigenvalue weighted by Crippen LogP contribution is -2.46. The van der Waals surface area contributed by atoms with Gasteiger partial charge in [0.2, 0.25) is 11.8 Å². The van der Waals surface area contributed by atoms with E-state index in [0.717, 1.165) is 29.3 Å². The van der Waals surface area contributed by atoms with Gasteiger partial charge >= 0.3 is 0 Å². The van der Waals surface area contributed by atoms with Crippen LogP contribution in [0.5, 0.6) is 0 Å². The molecule has 0 saturated carbocycles. The van der Waals surface area contributed by atoms with Crippen LogP contribution >= 0.6 is 11.8 Å². The minimum atomic E-state index is -0.153. The number of hydrogen-bond acceptors (Lipinski definition) is 4. The number of carbonyl (C=O) groups is 2. The highest BCUT2D eigenvalue weighted by Gasteiger charge is 2.20. The smallest absolute Gasteiger partial charge is 0.242 e. The normalized spacial score (nSPS) is 18.4. The molecule has 0 spiro atoms. The fourth-order valence-corrected chi connectivity index (χ4v) is 2.92. The van der Waals surface area contributed by atoms with Gasteiger partial charge in [-0.2, -0.15) is 11.8 Å². The average molecular weight is 293 g/mol. The second kappa shape index (κ2) is 6.76. The molecule has 2 amide bonds. The van der Waals surface area contributed by atoms with Crippen LogP contribution in [0.4, 0.5) is 11.4 Å². The van der Waals surface area contributed by atoms with E-state index in [-0.39, 0.29) is 17.9 Å². The molecule has 1 aliphatic rings. The van der Waals surface area contributed by atoms with E-state index in [1.54, 1.807) is 17.8 Å². The largest absolute Gasteiger partial charge is 0.326 e. The van der Waals surface area contributed by atoms with Gasteiger partial charge in [-0.05, 0) is 24.6 Å². The Balaban J connectivity index is 2.05. The van der Waals surface area contributed by atoms with Crippen molar-refractivity contribution in [1.82, 2.24) is 5.32 Å². The maximum atomic E-state index is 12.1. The zero-order valence-corrected chi connectivity index (χ0v) is 12.5. The quantitative estimate of drug-likeness (QED) is 0.791. The summed E-state index contributed by atoms with van der Waals surface area (Å²) in [5.41, 5.74) is 2.38. The van der Waals surface area contributed by atoms with Crippen LogP contribution in [0.3, 0.4) is 0 Å². The van der Waals surface area contributed by atoms with Gasteiger partial charge in [0.25, 0.3) is 0 Å². The first-order valence-corrected chi connectivity index (χ1v) is 7.72. The number of aryl methyl sites for hydroxylation is 1. The van der Waals surface area contributed by atoms with Crippen LogP contribution in [0.25, 0.3) is 0 Å². The van der Waals surface area contributed by atoms with Crippen molar-refractivity contribution < 1.29 is 9.59 Å². The van der Waals surface area contributed by atoms with Crippen molar-refractivity contribution in [2.75, 3.05) is 28.7 Å². The third-order valence-corrected chi connectivity index (χ3v) is 4.12. The second-order valence-corrected chi connectivity index (χ2v) is 5.93. The first kappa shape index (κ1) is 14.9. The zero-order chi connectivity index (χ0) is 14.5. The van der Waals surface area contributed by atoms with Crippen molar-refractivity contribution in [2.24, 2.45) is 0 Å². The molecular formula is C14H19N3O2S. The second-order valence-electron chi connectivity index (χ2n) is 4.78. The standard InChI is InChI=1S/C14H19N3O2S/c1-9-3-4-11(7-12(9)16-10(2)18)17-14(19)13-8-20-6-5-15-13/h3-4,7,13,15H,5-6,8H2,1-2H3,(H,16,18)(H,17,19). The predicted octanol–water partition coefficient (Wildman–Crippen LogP) is 1.60. The number of anilines is 2. The minimum absolute atomic E-state index is 0.0326. The predicted molar refractivity (Wildman–Crippen MR) is 83.2 cm³/mol. The molecule has 0 bridgehead atoms. The zero-order valence-electron chi connectivity index (χ0n) is 11.7. The molecule has 3 N–H and O–H groups in total. The lowest BCUT2D eigenvalue weighted by atomic mass is 10.1. The Morgan fingerprint density at radius 1 is 1.35 bits per heavy atom. The van der Waals surface area contributed by atoms with Gasteiger partial charge in [-0.3, -0.25) is 9.59 Å².